The Hall–Kier alpha value is 0.110. The molecule has 0 aliphatic rings. The Morgan fingerprint density at radius 3 is 2.10 bits per heavy atom. The predicted molar refractivity (Wildman–Crippen MR) is 33.7 cm³/mol. The van der Waals surface area contributed by atoms with E-state index in [4.69, 9.17) is 0 Å². The molecular formula is C5H13NO3P-. The Bertz CT molecular complexity index is 144. The van der Waals surface area contributed by atoms with Crippen LogP contribution in [0.2, 0.25) is 0 Å². The monoisotopic (exact) mass is 166 g/mol. The fourth-order valence-electron chi connectivity index (χ4n) is 0.584. The third-order valence-electron chi connectivity index (χ3n) is 1.71. The average molecular weight is 166 g/mol. The molecule has 0 saturated heterocycles. The molecule has 10 heavy (non-hydrogen) atoms. The van der Waals surface area contributed by atoms with Gasteiger partial charge in [0.25, 0.3) is 0 Å². The van der Waals surface area contributed by atoms with E-state index in [0.717, 1.165) is 0 Å². The molecule has 0 aliphatic carbocycles. The summed E-state index contributed by atoms with van der Waals surface area (Å²) in [5.74, 6) is -1.11. The molecule has 0 aromatic heterocycles. The van der Waals surface area contributed by atoms with Crippen molar-refractivity contribution in [3.8, 4) is 0 Å². The Morgan fingerprint density at radius 1 is 1.60 bits per heavy atom. The molecule has 5 heteroatoms. The Kier molecular flexibility index (Phi) is 3.52. The molecule has 0 radical (unpaired) electrons. The van der Waals surface area contributed by atoms with Gasteiger partial charge in [-0.1, -0.05) is 13.8 Å². The summed E-state index contributed by atoms with van der Waals surface area (Å²) in [6.07, 6.45) is 0.669. The summed E-state index contributed by atoms with van der Waals surface area (Å²) >= 11 is 0. The summed E-state index contributed by atoms with van der Waals surface area (Å²) < 4.78 is 10.3. The second kappa shape index (κ2) is 3.49. The van der Waals surface area contributed by atoms with Crippen LogP contribution in [-0.2, 0) is 4.57 Å². The molecule has 0 rings (SSSR count). The predicted octanol–water partition coefficient (Wildman–Crippen LogP) is -1.49. The molecule has 0 aliphatic heterocycles. The molecular weight excluding hydrogens is 153 g/mol. The third-order valence-corrected chi connectivity index (χ3v) is 3.03. The maximum Gasteiger partial charge on any atom is 0.112 e. The summed E-state index contributed by atoms with van der Waals surface area (Å²) in [5.41, 5.74) is 3.29. The molecule has 62 valence electrons. The first kappa shape index (κ1) is 10.1. The fraction of sp³-hybridized carbons (Fsp3) is 1.00. The van der Waals surface area contributed by atoms with Gasteiger partial charge in [-0.3, -0.25) is 0 Å². The molecule has 4 nitrogen and oxygen atoms in total. The van der Waals surface area contributed by atoms with E-state index in [1.165, 1.54) is 0 Å². The summed E-state index contributed by atoms with van der Waals surface area (Å²) in [6.45, 7) is 3.54. The highest BCUT2D eigenvalue weighted by Crippen LogP contribution is 2.31. The standard InChI is InChI=1S/C5H14NO3P/c1-3-4(2)5(6)10(7,8)9/h4-5H,3,6H2,1-2H3,(H2,7,8,9)/p-1/t4-,5-/m0/s1. The number of rotatable bonds is 3. The molecule has 0 bridgehead atoms. The Morgan fingerprint density at radius 2 is 2.00 bits per heavy atom. The van der Waals surface area contributed by atoms with Gasteiger partial charge in [-0.05, 0) is 14.0 Å². The summed E-state index contributed by atoms with van der Waals surface area (Å²) in [4.78, 5) is 20.7. The lowest BCUT2D eigenvalue weighted by Crippen LogP contribution is -2.66. The van der Waals surface area contributed by atoms with E-state index in [9.17, 15) is 14.4 Å². The largest absolute Gasteiger partial charge is 0.807 e. The van der Waals surface area contributed by atoms with Crippen molar-refractivity contribution >= 4 is 7.60 Å². The smallest absolute Gasteiger partial charge is 0.112 e. The van der Waals surface area contributed by atoms with Gasteiger partial charge in [0.05, 0.1) is 0 Å². The first-order chi connectivity index (χ1) is 4.39. The van der Waals surface area contributed by atoms with Crippen LogP contribution < -0.4 is 15.5 Å². The van der Waals surface area contributed by atoms with Crippen LogP contribution in [0.15, 0.2) is 0 Å². The van der Waals surface area contributed by atoms with Crippen molar-refractivity contribution in [2.45, 2.75) is 26.1 Å². The lowest BCUT2D eigenvalue weighted by Gasteiger charge is -2.35. The SMILES string of the molecule is CC[C@H](C)[C@@H]([NH3+])P(=O)([O-])[O-]. The minimum atomic E-state index is -4.44. The fourth-order valence-corrected chi connectivity index (χ4v) is 1.42. The van der Waals surface area contributed by atoms with Crippen molar-refractivity contribution in [1.29, 1.82) is 0 Å². The van der Waals surface area contributed by atoms with Crippen molar-refractivity contribution < 1.29 is 20.1 Å². The van der Waals surface area contributed by atoms with Crippen molar-refractivity contribution in [2.75, 3.05) is 0 Å². The quantitative estimate of drug-likeness (QED) is 0.518. The van der Waals surface area contributed by atoms with Gasteiger partial charge in [-0.2, -0.15) is 0 Å². The van der Waals surface area contributed by atoms with Crippen LogP contribution in [0.4, 0.5) is 0 Å². The summed E-state index contributed by atoms with van der Waals surface area (Å²) in [7, 11) is -4.44. The molecule has 0 saturated carbocycles. The lowest BCUT2D eigenvalue weighted by molar-refractivity contribution is -0.439. The van der Waals surface area contributed by atoms with Gasteiger partial charge in [0.15, 0.2) is 0 Å². The van der Waals surface area contributed by atoms with Crippen LogP contribution in [0, 0.1) is 5.92 Å². The maximum atomic E-state index is 10.3. The zero-order valence-corrected chi connectivity index (χ0v) is 7.14. The Balaban J connectivity index is 4.08. The van der Waals surface area contributed by atoms with Crippen molar-refractivity contribution in [1.82, 2.24) is 0 Å². The lowest BCUT2D eigenvalue weighted by atomic mass is 10.1. The minimum Gasteiger partial charge on any atom is -0.807 e. The minimum absolute atomic E-state index is 0.138. The molecule has 0 aromatic carbocycles. The molecule has 0 aromatic rings. The number of hydrogen-bond acceptors (Lipinski definition) is 3. The van der Waals surface area contributed by atoms with E-state index in [2.05, 4.69) is 5.73 Å². The van der Waals surface area contributed by atoms with Gasteiger partial charge in [0.2, 0.25) is 0 Å². The van der Waals surface area contributed by atoms with E-state index < -0.39 is 13.4 Å². The number of hydrogen-bond donors (Lipinski definition) is 1. The average Bonchev–Trinajstić information content (AvgIpc) is 1.83. The zero-order chi connectivity index (χ0) is 8.36. The zero-order valence-electron chi connectivity index (χ0n) is 6.24. The van der Waals surface area contributed by atoms with Gasteiger partial charge in [-0.25, -0.2) is 0 Å². The van der Waals surface area contributed by atoms with Crippen molar-refractivity contribution in [3.05, 3.63) is 0 Å². The van der Waals surface area contributed by atoms with E-state index in [1.54, 1.807) is 6.92 Å². The maximum absolute atomic E-state index is 10.3. The van der Waals surface area contributed by atoms with Crippen LogP contribution in [-0.4, -0.2) is 5.78 Å². The molecule has 0 amide bonds. The summed E-state index contributed by atoms with van der Waals surface area (Å²) in [6, 6.07) is 0. The normalized spacial score (nSPS) is 18.5. The van der Waals surface area contributed by atoms with E-state index in [1.807, 2.05) is 6.92 Å². The molecule has 2 atom stereocenters. The van der Waals surface area contributed by atoms with Crippen LogP contribution in [0.25, 0.3) is 0 Å². The van der Waals surface area contributed by atoms with Gasteiger partial charge in [-0.15, -0.1) is 0 Å². The summed E-state index contributed by atoms with van der Waals surface area (Å²) in [5, 5.41) is 0. The molecule has 3 N–H and O–H groups in total. The van der Waals surface area contributed by atoms with Crippen LogP contribution in [0.3, 0.4) is 0 Å². The van der Waals surface area contributed by atoms with Crippen LogP contribution in [0.1, 0.15) is 20.3 Å². The van der Waals surface area contributed by atoms with Crippen molar-refractivity contribution in [3.63, 3.8) is 0 Å². The second-order valence-electron chi connectivity index (χ2n) is 2.49. The first-order valence-corrected chi connectivity index (χ1v) is 4.85. The van der Waals surface area contributed by atoms with Gasteiger partial charge < -0.3 is 20.1 Å². The second-order valence-corrected chi connectivity index (χ2v) is 4.24. The number of quaternary nitrogens is 1. The topological polar surface area (TPSA) is 90.8 Å². The highest BCUT2D eigenvalue weighted by atomic mass is 31.2. The van der Waals surface area contributed by atoms with Gasteiger partial charge in [0.1, 0.15) is 5.78 Å². The van der Waals surface area contributed by atoms with E-state index >= 15 is 0 Å². The molecule has 0 fully saturated rings. The Labute approximate surface area is 60.6 Å². The van der Waals surface area contributed by atoms with E-state index in [0.29, 0.717) is 6.42 Å². The van der Waals surface area contributed by atoms with Gasteiger partial charge in [0, 0.05) is 5.92 Å². The highest BCUT2D eigenvalue weighted by Gasteiger charge is 2.17. The third kappa shape index (κ3) is 2.80. The molecule has 0 heterocycles. The van der Waals surface area contributed by atoms with Gasteiger partial charge >= 0.3 is 0 Å². The highest BCUT2D eigenvalue weighted by molar-refractivity contribution is 7.49. The van der Waals surface area contributed by atoms with Crippen LogP contribution in [0.5, 0.6) is 0 Å². The van der Waals surface area contributed by atoms with Crippen LogP contribution >= 0.6 is 7.60 Å². The molecule has 0 unspecified atom stereocenters. The molecule has 0 spiro atoms. The van der Waals surface area contributed by atoms with E-state index in [-0.39, 0.29) is 5.92 Å². The first-order valence-electron chi connectivity index (χ1n) is 3.24. The van der Waals surface area contributed by atoms with Crippen molar-refractivity contribution in [2.24, 2.45) is 5.92 Å².